The number of rotatable bonds is 6. The van der Waals surface area contributed by atoms with Gasteiger partial charge in [0.1, 0.15) is 11.3 Å². The molecule has 0 bridgehead atoms. The van der Waals surface area contributed by atoms with Crippen LogP contribution in [-0.2, 0) is 6.42 Å². The van der Waals surface area contributed by atoms with E-state index in [0.29, 0.717) is 17.3 Å². The smallest absolute Gasteiger partial charge is 0.271 e. The lowest BCUT2D eigenvalue weighted by atomic mass is 10.1. The molecule has 0 spiro atoms. The third-order valence-electron chi connectivity index (χ3n) is 4.55. The Bertz CT molecular complexity index is 1200. The van der Waals surface area contributed by atoms with Crippen molar-refractivity contribution in [1.29, 1.82) is 0 Å². The summed E-state index contributed by atoms with van der Waals surface area (Å²) >= 11 is 1.39. The van der Waals surface area contributed by atoms with E-state index in [1.165, 1.54) is 27.5 Å². The summed E-state index contributed by atoms with van der Waals surface area (Å²) in [4.78, 5) is 30.3. The second kappa shape index (κ2) is 7.82. The number of aromatic nitrogens is 2. The first-order valence-corrected chi connectivity index (χ1v) is 9.79. The molecule has 2 aromatic carbocycles. The normalized spacial score (nSPS) is 11.0. The third kappa shape index (κ3) is 3.48. The molecule has 1 amide bonds. The average Bonchev–Trinajstić information content (AvgIpc) is 3.10. The fourth-order valence-corrected chi connectivity index (χ4v) is 4.11. The lowest BCUT2D eigenvalue weighted by Gasteiger charge is -2.05. The quantitative estimate of drug-likeness (QED) is 0.510. The van der Waals surface area contributed by atoms with E-state index >= 15 is 0 Å². The van der Waals surface area contributed by atoms with E-state index < -0.39 is 5.91 Å². The van der Waals surface area contributed by atoms with Gasteiger partial charge >= 0.3 is 0 Å². The molecule has 6 nitrogen and oxygen atoms in total. The third-order valence-corrected chi connectivity index (χ3v) is 5.57. The predicted molar refractivity (Wildman–Crippen MR) is 110 cm³/mol. The lowest BCUT2D eigenvalue weighted by Crippen LogP contribution is -2.32. The van der Waals surface area contributed by atoms with Gasteiger partial charge in [-0.25, -0.2) is 4.98 Å². The predicted octanol–water partition coefficient (Wildman–Crippen LogP) is 3.28. The number of thiazole rings is 1. The average molecular weight is 393 g/mol. The Morgan fingerprint density at radius 1 is 1.21 bits per heavy atom. The highest BCUT2D eigenvalue weighted by Crippen LogP contribution is 2.27. The van der Waals surface area contributed by atoms with Gasteiger partial charge in [-0.1, -0.05) is 41.7 Å². The van der Waals surface area contributed by atoms with Crippen LogP contribution in [0.15, 0.2) is 59.5 Å². The maximum absolute atomic E-state index is 12.9. The summed E-state index contributed by atoms with van der Waals surface area (Å²) in [6.45, 7) is 0.497. The van der Waals surface area contributed by atoms with Crippen LogP contribution in [0.3, 0.4) is 0 Å². The van der Waals surface area contributed by atoms with Gasteiger partial charge in [0.2, 0.25) is 0 Å². The van der Waals surface area contributed by atoms with Crippen molar-refractivity contribution in [2.24, 2.45) is 0 Å². The van der Waals surface area contributed by atoms with E-state index in [0.717, 1.165) is 23.1 Å². The van der Waals surface area contributed by atoms with Crippen molar-refractivity contribution >= 4 is 32.4 Å². The van der Waals surface area contributed by atoms with E-state index in [4.69, 9.17) is 4.74 Å². The van der Waals surface area contributed by atoms with Crippen molar-refractivity contribution in [2.75, 3.05) is 13.7 Å². The van der Waals surface area contributed by atoms with Gasteiger partial charge in [-0.05, 0) is 36.6 Å². The van der Waals surface area contributed by atoms with Crippen LogP contribution in [-0.4, -0.2) is 28.9 Å². The molecular formula is C21H19N3O3S. The number of benzene rings is 2. The number of carbonyl (C=O) groups excluding carboxylic acids is 1. The minimum Gasteiger partial charge on any atom is -0.497 e. The molecule has 0 unspecified atom stereocenters. The van der Waals surface area contributed by atoms with Gasteiger partial charge in [0.15, 0.2) is 4.96 Å². The molecule has 0 aliphatic carbocycles. The zero-order chi connectivity index (χ0) is 19.5. The Morgan fingerprint density at radius 2 is 2.04 bits per heavy atom. The highest BCUT2D eigenvalue weighted by Gasteiger charge is 2.16. The standard InChI is InChI=1S/C21H19N3O3S/c1-27-15-9-10-17-18(12-15)28-21-23-13-16(20(26)24(17)21)19(25)22-11-5-8-14-6-3-2-4-7-14/h2-4,6-7,9-10,12-13H,5,8,11H2,1H3,(H,22,25). The summed E-state index contributed by atoms with van der Waals surface area (Å²) in [5, 5.41) is 2.82. The van der Waals surface area contributed by atoms with Crippen LogP contribution < -0.4 is 15.6 Å². The van der Waals surface area contributed by atoms with E-state index in [-0.39, 0.29) is 11.1 Å². The number of amides is 1. The Hall–Kier alpha value is -3.19. The van der Waals surface area contributed by atoms with Crippen molar-refractivity contribution in [2.45, 2.75) is 12.8 Å². The van der Waals surface area contributed by atoms with Crippen molar-refractivity contribution in [3.63, 3.8) is 0 Å². The number of nitrogens with one attached hydrogen (secondary N) is 1. The first kappa shape index (κ1) is 18.2. The minimum atomic E-state index is -0.396. The summed E-state index contributed by atoms with van der Waals surface area (Å²) in [7, 11) is 1.60. The minimum absolute atomic E-state index is 0.0488. The molecule has 4 rings (SSSR count). The van der Waals surface area contributed by atoms with Gasteiger partial charge in [0.25, 0.3) is 11.5 Å². The van der Waals surface area contributed by atoms with Crippen LogP contribution in [0.2, 0.25) is 0 Å². The van der Waals surface area contributed by atoms with Crippen LogP contribution in [0.4, 0.5) is 0 Å². The maximum Gasteiger partial charge on any atom is 0.271 e. The Kier molecular flexibility index (Phi) is 5.08. The molecule has 4 aromatic rings. The van der Waals surface area contributed by atoms with Crippen molar-refractivity contribution in [3.05, 3.63) is 76.2 Å². The second-order valence-electron chi connectivity index (χ2n) is 6.38. The number of nitrogens with zero attached hydrogens (tertiary/aromatic N) is 2. The highest BCUT2D eigenvalue weighted by molar-refractivity contribution is 7.23. The molecule has 0 saturated carbocycles. The number of aryl methyl sites for hydroxylation is 1. The molecule has 142 valence electrons. The monoisotopic (exact) mass is 393 g/mol. The summed E-state index contributed by atoms with van der Waals surface area (Å²) in [6, 6.07) is 15.5. The molecule has 2 heterocycles. The SMILES string of the molecule is COc1ccc2c(c1)sc1ncc(C(=O)NCCCc3ccccc3)c(=O)n12. The molecule has 0 fully saturated rings. The molecule has 0 aliphatic rings. The largest absolute Gasteiger partial charge is 0.497 e. The second-order valence-corrected chi connectivity index (χ2v) is 7.38. The maximum atomic E-state index is 12.9. The van der Waals surface area contributed by atoms with E-state index in [1.807, 2.05) is 30.3 Å². The number of methoxy groups -OCH3 is 1. The Morgan fingerprint density at radius 3 is 2.82 bits per heavy atom. The van der Waals surface area contributed by atoms with Crippen molar-refractivity contribution < 1.29 is 9.53 Å². The Labute approximate surface area is 165 Å². The summed E-state index contributed by atoms with van der Waals surface area (Å²) in [5.41, 5.74) is 1.63. The molecule has 0 aliphatic heterocycles. The summed E-state index contributed by atoms with van der Waals surface area (Å²) < 4.78 is 7.60. The van der Waals surface area contributed by atoms with Crippen molar-refractivity contribution in [1.82, 2.24) is 14.7 Å². The fourth-order valence-electron chi connectivity index (χ4n) is 3.10. The fraction of sp³-hybridized carbons (Fsp3) is 0.190. The van der Waals surface area contributed by atoms with Gasteiger partial charge in [-0.15, -0.1) is 0 Å². The molecule has 1 N–H and O–H groups in total. The summed E-state index contributed by atoms with van der Waals surface area (Å²) in [5.74, 6) is 0.316. The molecule has 2 aromatic heterocycles. The molecular weight excluding hydrogens is 374 g/mol. The van der Waals surface area contributed by atoms with Crippen molar-refractivity contribution in [3.8, 4) is 5.75 Å². The van der Waals surface area contributed by atoms with E-state index in [2.05, 4.69) is 22.4 Å². The van der Waals surface area contributed by atoms with Crippen LogP contribution in [0, 0.1) is 0 Å². The highest BCUT2D eigenvalue weighted by atomic mass is 32.1. The van der Waals surface area contributed by atoms with E-state index in [1.54, 1.807) is 13.2 Å². The molecule has 28 heavy (non-hydrogen) atoms. The van der Waals surface area contributed by atoms with Crippen LogP contribution in [0.5, 0.6) is 5.75 Å². The first-order valence-electron chi connectivity index (χ1n) is 8.98. The van der Waals surface area contributed by atoms with Gasteiger partial charge in [-0.2, -0.15) is 0 Å². The summed E-state index contributed by atoms with van der Waals surface area (Å²) in [6.07, 6.45) is 3.03. The van der Waals surface area contributed by atoms with Crippen LogP contribution in [0.25, 0.3) is 15.2 Å². The van der Waals surface area contributed by atoms with Gasteiger partial charge in [0.05, 0.1) is 17.3 Å². The topological polar surface area (TPSA) is 72.7 Å². The molecule has 0 atom stereocenters. The van der Waals surface area contributed by atoms with E-state index in [9.17, 15) is 9.59 Å². The number of carbonyl (C=O) groups is 1. The number of hydrogen-bond acceptors (Lipinski definition) is 5. The number of ether oxygens (including phenoxy) is 1. The lowest BCUT2D eigenvalue weighted by molar-refractivity contribution is 0.0951. The Balaban J connectivity index is 1.53. The zero-order valence-electron chi connectivity index (χ0n) is 15.3. The number of hydrogen-bond donors (Lipinski definition) is 1. The zero-order valence-corrected chi connectivity index (χ0v) is 16.2. The molecule has 0 radical (unpaired) electrons. The molecule has 7 heteroatoms. The first-order chi connectivity index (χ1) is 13.7. The number of fused-ring (bicyclic) bond motifs is 3. The van der Waals surface area contributed by atoms with Crippen LogP contribution in [0.1, 0.15) is 22.3 Å². The van der Waals surface area contributed by atoms with Crippen LogP contribution >= 0.6 is 11.3 Å². The van der Waals surface area contributed by atoms with Gasteiger partial charge < -0.3 is 10.1 Å². The molecule has 0 saturated heterocycles. The van der Waals surface area contributed by atoms with Gasteiger partial charge in [-0.3, -0.25) is 14.0 Å². The van der Waals surface area contributed by atoms with Gasteiger partial charge in [0, 0.05) is 12.7 Å².